The van der Waals surface area contributed by atoms with Crippen molar-refractivity contribution in [1.29, 1.82) is 0 Å². The smallest absolute Gasteiger partial charge is 0.417 e. The van der Waals surface area contributed by atoms with Crippen LogP contribution in [0.2, 0.25) is 0 Å². The molecule has 1 aliphatic carbocycles. The van der Waals surface area contributed by atoms with Crippen molar-refractivity contribution in [3.05, 3.63) is 41.6 Å². The Hall–Kier alpha value is -3.02. The van der Waals surface area contributed by atoms with E-state index >= 15 is 0 Å². The molecule has 208 valence electrons. The lowest BCUT2D eigenvalue weighted by Crippen LogP contribution is -2.42. The lowest BCUT2D eigenvalue weighted by Gasteiger charge is -2.27. The number of hydrogen-bond acceptors (Lipinski definition) is 4. The van der Waals surface area contributed by atoms with Crippen LogP contribution in [0.3, 0.4) is 0 Å². The molecule has 1 aliphatic heterocycles. The van der Waals surface area contributed by atoms with Gasteiger partial charge in [0, 0.05) is 30.7 Å². The van der Waals surface area contributed by atoms with Gasteiger partial charge in [-0.2, -0.15) is 18.3 Å². The van der Waals surface area contributed by atoms with E-state index in [0.717, 1.165) is 18.9 Å². The van der Waals surface area contributed by atoms with E-state index in [4.69, 9.17) is 0 Å². The largest absolute Gasteiger partial charge is 0.481 e. The zero-order valence-corrected chi connectivity index (χ0v) is 20.9. The van der Waals surface area contributed by atoms with Crippen LogP contribution in [0.1, 0.15) is 67.5 Å². The Morgan fingerprint density at radius 3 is 2.37 bits per heavy atom. The molecule has 2 unspecified atom stereocenters. The van der Waals surface area contributed by atoms with Crippen molar-refractivity contribution in [3.63, 3.8) is 0 Å². The Bertz CT molecular complexity index is 1140. The van der Waals surface area contributed by atoms with Crippen LogP contribution in [0.4, 0.5) is 22.0 Å². The molecule has 1 aromatic carbocycles. The second kappa shape index (κ2) is 11.4. The van der Waals surface area contributed by atoms with Gasteiger partial charge < -0.3 is 10.4 Å². The summed E-state index contributed by atoms with van der Waals surface area (Å²) in [6.07, 6.45) is -4.97. The quantitative estimate of drug-likeness (QED) is 0.434. The minimum absolute atomic E-state index is 0.0928. The molecule has 1 saturated heterocycles. The predicted molar refractivity (Wildman–Crippen MR) is 129 cm³/mol. The van der Waals surface area contributed by atoms with Crippen LogP contribution in [-0.2, 0) is 11.0 Å². The van der Waals surface area contributed by atoms with Gasteiger partial charge in [-0.15, -0.1) is 0 Å². The van der Waals surface area contributed by atoms with Crippen molar-refractivity contribution >= 4 is 11.9 Å². The second-order valence-corrected chi connectivity index (χ2v) is 10.2. The number of carboxylic acid groups (broad SMARTS) is 1. The van der Waals surface area contributed by atoms with E-state index in [1.165, 1.54) is 28.9 Å². The number of nitrogens with one attached hydrogen (secondary N) is 1. The number of hydrogen-bond donors (Lipinski definition) is 2. The third-order valence-electron chi connectivity index (χ3n) is 7.36. The molecule has 0 bridgehead atoms. The summed E-state index contributed by atoms with van der Waals surface area (Å²) >= 11 is 0. The van der Waals surface area contributed by atoms with Crippen LogP contribution >= 0.6 is 0 Å². The fourth-order valence-electron chi connectivity index (χ4n) is 5.42. The van der Waals surface area contributed by atoms with Gasteiger partial charge in [-0.3, -0.25) is 19.2 Å². The number of carbonyl (C=O) groups is 2. The highest BCUT2D eigenvalue weighted by Crippen LogP contribution is 2.40. The van der Waals surface area contributed by atoms with Gasteiger partial charge in [-0.25, -0.2) is 8.78 Å². The number of carbonyl (C=O) groups excluding carboxylic acids is 1. The number of alkyl halides is 5. The molecule has 2 aliphatic rings. The van der Waals surface area contributed by atoms with E-state index in [9.17, 15) is 36.6 Å². The zero-order chi connectivity index (χ0) is 27.6. The van der Waals surface area contributed by atoms with E-state index in [1.54, 1.807) is 11.8 Å². The maximum absolute atomic E-state index is 13.8. The van der Waals surface area contributed by atoms with E-state index in [0.29, 0.717) is 12.8 Å². The molecule has 4 rings (SSSR count). The molecule has 1 amide bonds. The van der Waals surface area contributed by atoms with E-state index in [1.807, 2.05) is 0 Å². The number of aromatic nitrogens is 2. The zero-order valence-electron chi connectivity index (χ0n) is 20.9. The van der Waals surface area contributed by atoms with Crippen molar-refractivity contribution in [2.75, 3.05) is 13.1 Å². The van der Waals surface area contributed by atoms with Crippen molar-refractivity contribution in [2.24, 2.45) is 0 Å². The predicted octanol–water partition coefficient (Wildman–Crippen LogP) is 5.03. The first-order valence-corrected chi connectivity index (χ1v) is 12.7. The summed E-state index contributed by atoms with van der Waals surface area (Å²) in [4.78, 5) is 26.2. The maximum atomic E-state index is 13.8. The van der Waals surface area contributed by atoms with Crippen LogP contribution < -0.4 is 5.32 Å². The Balaban J connectivity index is 1.60. The maximum Gasteiger partial charge on any atom is 0.417 e. The van der Waals surface area contributed by atoms with Gasteiger partial charge in [-0.1, -0.05) is 31.0 Å². The number of amides is 1. The number of benzene rings is 1. The topological polar surface area (TPSA) is 87.5 Å². The van der Waals surface area contributed by atoms with Crippen molar-refractivity contribution in [2.45, 2.75) is 82.1 Å². The standard InChI is InChI=1S/C26H31F5N4O3/c1-15(34-13-20(27)21(28)14-34)10-16(11-24(36)37)32-25(38)22-12-23(35(33-22)17-6-2-3-7-17)18-8-4-5-9-19(18)26(29,30)31/h4-5,8-9,12,15-17,20-21H,2-3,6-7,10-11,13-14H2,1H3,(H,32,38)(H,36,37)/t15?,16?,20-,21-/m1/s1. The van der Waals surface area contributed by atoms with E-state index in [-0.39, 0.29) is 42.5 Å². The van der Waals surface area contributed by atoms with Gasteiger partial charge in [0.15, 0.2) is 5.69 Å². The van der Waals surface area contributed by atoms with Crippen LogP contribution in [0, 0.1) is 0 Å². The highest BCUT2D eigenvalue weighted by Gasteiger charge is 2.37. The highest BCUT2D eigenvalue weighted by atomic mass is 19.4. The summed E-state index contributed by atoms with van der Waals surface area (Å²) in [6.45, 7) is 1.46. The lowest BCUT2D eigenvalue weighted by molar-refractivity contribution is -0.138. The average molecular weight is 543 g/mol. The lowest BCUT2D eigenvalue weighted by atomic mass is 10.0. The molecular formula is C26H31F5N4O3. The molecule has 7 nitrogen and oxygen atoms in total. The summed E-state index contributed by atoms with van der Waals surface area (Å²) in [6, 6.07) is 4.95. The summed E-state index contributed by atoms with van der Waals surface area (Å²) in [7, 11) is 0. The summed E-state index contributed by atoms with van der Waals surface area (Å²) in [5, 5.41) is 16.4. The third-order valence-corrected chi connectivity index (χ3v) is 7.36. The SMILES string of the molecule is CC(CC(CC(=O)O)NC(=O)c1cc(-c2ccccc2C(F)(F)F)n(C2CCCC2)n1)N1C[C@@H](F)[C@H](F)C1. The Morgan fingerprint density at radius 1 is 1.13 bits per heavy atom. The molecule has 2 fully saturated rings. The number of halogens is 5. The molecule has 1 aromatic heterocycles. The molecule has 38 heavy (non-hydrogen) atoms. The van der Waals surface area contributed by atoms with Crippen LogP contribution in [0.5, 0.6) is 0 Å². The molecule has 2 N–H and O–H groups in total. The first-order valence-electron chi connectivity index (χ1n) is 12.7. The normalized spacial score (nSPS) is 22.5. The van der Waals surface area contributed by atoms with Crippen molar-refractivity contribution < 1.29 is 36.6 Å². The molecule has 0 radical (unpaired) electrons. The monoisotopic (exact) mass is 542 g/mol. The van der Waals surface area contributed by atoms with Gasteiger partial charge in [0.05, 0.1) is 23.7 Å². The Kier molecular flexibility index (Phi) is 8.39. The molecule has 4 atom stereocenters. The van der Waals surface area contributed by atoms with Gasteiger partial charge in [0.25, 0.3) is 5.91 Å². The number of carboxylic acids is 1. The molecule has 12 heteroatoms. The van der Waals surface area contributed by atoms with Gasteiger partial charge in [0.1, 0.15) is 12.3 Å². The summed E-state index contributed by atoms with van der Waals surface area (Å²) in [5.41, 5.74) is -0.893. The summed E-state index contributed by atoms with van der Waals surface area (Å²) < 4.78 is 70.1. The molecule has 2 aromatic rings. The number of aliphatic carboxylic acids is 1. The molecular weight excluding hydrogens is 511 g/mol. The number of rotatable bonds is 9. The first-order chi connectivity index (χ1) is 17.9. The Morgan fingerprint density at radius 2 is 1.76 bits per heavy atom. The fourth-order valence-corrected chi connectivity index (χ4v) is 5.42. The van der Waals surface area contributed by atoms with Gasteiger partial charge in [-0.05, 0) is 38.3 Å². The van der Waals surface area contributed by atoms with Crippen molar-refractivity contribution in [3.8, 4) is 11.3 Å². The second-order valence-electron chi connectivity index (χ2n) is 10.2. The molecule has 2 heterocycles. The van der Waals surface area contributed by atoms with Crippen LogP contribution in [0.15, 0.2) is 30.3 Å². The van der Waals surface area contributed by atoms with Gasteiger partial charge in [0.2, 0.25) is 0 Å². The molecule has 1 saturated carbocycles. The minimum atomic E-state index is -4.61. The van der Waals surface area contributed by atoms with E-state index in [2.05, 4.69) is 10.4 Å². The highest BCUT2D eigenvalue weighted by molar-refractivity contribution is 5.94. The van der Waals surface area contributed by atoms with Crippen LogP contribution in [0.25, 0.3) is 11.3 Å². The van der Waals surface area contributed by atoms with Gasteiger partial charge >= 0.3 is 12.1 Å². The van der Waals surface area contributed by atoms with Crippen molar-refractivity contribution in [1.82, 2.24) is 20.0 Å². The average Bonchev–Trinajstić information content (AvgIpc) is 3.58. The van der Waals surface area contributed by atoms with Crippen LogP contribution in [-0.4, -0.2) is 69.2 Å². The number of nitrogens with zero attached hydrogens (tertiary/aromatic N) is 3. The number of likely N-dealkylation sites (tertiary alicyclic amines) is 1. The Labute approximate surface area is 217 Å². The third kappa shape index (κ3) is 6.33. The minimum Gasteiger partial charge on any atom is -0.481 e. The first kappa shape index (κ1) is 28.0. The molecule has 0 spiro atoms. The fraction of sp³-hybridized carbons (Fsp3) is 0.577. The summed E-state index contributed by atoms with van der Waals surface area (Å²) in [5.74, 6) is -1.90. The van der Waals surface area contributed by atoms with E-state index < -0.39 is 54.5 Å².